The number of carbonyl (C=O) groups is 1. The molecule has 0 radical (unpaired) electrons. The first-order valence-corrected chi connectivity index (χ1v) is 9.04. The Bertz CT molecular complexity index is 1100. The van der Waals surface area contributed by atoms with Crippen molar-refractivity contribution in [2.24, 2.45) is 5.73 Å². The van der Waals surface area contributed by atoms with Crippen molar-refractivity contribution in [3.63, 3.8) is 0 Å². The van der Waals surface area contributed by atoms with Crippen LogP contribution in [0.3, 0.4) is 0 Å². The minimum Gasteiger partial charge on any atom is -0.487 e. The molecule has 2 N–H and O–H groups in total. The summed E-state index contributed by atoms with van der Waals surface area (Å²) >= 11 is 7.27. The molecule has 1 amide bonds. The van der Waals surface area contributed by atoms with Crippen molar-refractivity contribution in [3.05, 3.63) is 76.4 Å². The summed E-state index contributed by atoms with van der Waals surface area (Å²) in [4.78, 5) is 16.6. The van der Waals surface area contributed by atoms with Gasteiger partial charge in [-0.1, -0.05) is 35.9 Å². The first-order chi connectivity index (χ1) is 12.6. The van der Waals surface area contributed by atoms with Gasteiger partial charge in [0.15, 0.2) is 0 Å². The van der Waals surface area contributed by atoms with Gasteiger partial charge in [0.05, 0.1) is 11.0 Å². The Balaban J connectivity index is 1.68. The van der Waals surface area contributed by atoms with Gasteiger partial charge in [0.1, 0.15) is 28.6 Å². The molecule has 0 aliphatic carbocycles. The van der Waals surface area contributed by atoms with E-state index in [1.165, 1.54) is 11.3 Å². The molecular formula is C19H14ClN3O2S. The quantitative estimate of drug-likeness (QED) is 0.554. The van der Waals surface area contributed by atoms with Crippen LogP contribution < -0.4 is 10.5 Å². The Morgan fingerprint density at radius 2 is 2.04 bits per heavy atom. The second-order valence-electron chi connectivity index (χ2n) is 5.66. The smallest absolute Gasteiger partial charge is 0.262 e. The lowest BCUT2D eigenvalue weighted by atomic mass is 10.2. The average molecular weight is 384 g/mol. The zero-order chi connectivity index (χ0) is 18.1. The fourth-order valence-electron chi connectivity index (χ4n) is 2.68. The van der Waals surface area contributed by atoms with Gasteiger partial charge in [0.25, 0.3) is 5.91 Å². The number of hydrogen-bond acceptors (Lipinski definition) is 4. The maximum atomic E-state index is 11.8. The van der Waals surface area contributed by atoms with Crippen LogP contribution in [0.2, 0.25) is 5.02 Å². The van der Waals surface area contributed by atoms with Crippen LogP contribution in [-0.2, 0) is 6.61 Å². The molecule has 2 aromatic heterocycles. The fraction of sp³-hybridized carbons (Fsp3) is 0.0526. The summed E-state index contributed by atoms with van der Waals surface area (Å²) in [6.45, 7) is 0.293. The Kier molecular flexibility index (Phi) is 4.36. The van der Waals surface area contributed by atoms with E-state index < -0.39 is 5.91 Å². The molecular weight excluding hydrogens is 370 g/mol. The van der Waals surface area contributed by atoms with Gasteiger partial charge in [-0.2, -0.15) is 0 Å². The van der Waals surface area contributed by atoms with Crippen LogP contribution in [0.1, 0.15) is 15.2 Å². The average Bonchev–Trinajstić information content (AvgIpc) is 3.24. The molecule has 0 fully saturated rings. The normalized spacial score (nSPS) is 11.0. The van der Waals surface area contributed by atoms with Crippen LogP contribution in [0.15, 0.2) is 60.9 Å². The number of halogens is 1. The van der Waals surface area contributed by atoms with Crippen molar-refractivity contribution in [2.45, 2.75) is 6.61 Å². The van der Waals surface area contributed by atoms with E-state index in [1.54, 1.807) is 12.4 Å². The third kappa shape index (κ3) is 3.16. The molecule has 4 aromatic rings. The summed E-state index contributed by atoms with van der Waals surface area (Å²) in [6.07, 6.45) is 1.72. The molecule has 0 saturated heterocycles. The van der Waals surface area contributed by atoms with Crippen molar-refractivity contribution in [1.82, 2.24) is 9.55 Å². The summed E-state index contributed by atoms with van der Waals surface area (Å²) in [7, 11) is 0. The van der Waals surface area contributed by atoms with Gasteiger partial charge in [-0.3, -0.25) is 9.36 Å². The van der Waals surface area contributed by atoms with Gasteiger partial charge in [-0.15, -0.1) is 11.3 Å². The number of aromatic nitrogens is 2. The van der Waals surface area contributed by atoms with Crippen molar-refractivity contribution >= 4 is 39.9 Å². The third-order valence-corrected chi connectivity index (χ3v) is 5.25. The van der Waals surface area contributed by atoms with E-state index in [0.29, 0.717) is 22.3 Å². The Labute approximate surface area is 158 Å². The number of rotatable bonds is 5. The van der Waals surface area contributed by atoms with Crippen molar-refractivity contribution in [3.8, 4) is 10.8 Å². The van der Waals surface area contributed by atoms with Crippen LogP contribution in [-0.4, -0.2) is 15.5 Å². The predicted octanol–water partition coefficient (Wildman–Crippen LogP) is 4.42. The van der Waals surface area contributed by atoms with E-state index >= 15 is 0 Å². The number of para-hydroxylation sites is 2. The zero-order valence-corrected chi connectivity index (χ0v) is 15.1. The maximum absolute atomic E-state index is 11.8. The van der Waals surface area contributed by atoms with E-state index in [9.17, 15) is 4.79 Å². The number of ether oxygens (including phenoxy) is 1. The second-order valence-corrected chi connectivity index (χ2v) is 7.13. The Morgan fingerprint density at radius 3 is 2.85 bits per heavy atom. The predicted molar refractivity (Wildman–Crippen MR) is 103 cm³/mol. The molecule has 130 valence electrons. The summed E-state index contributed by atoms with van der Waals surface area (Å²) < 4.78 is 7.76. The number of thiophene rings is 1. The topological polar surface area (TPSA) is 70.1 Å². The molecule has 5 nitrogen and oxygen atoms in total. The molecule has 2 aromatic carbocycles. The van der Waals surface area contributed by atoms with Crippen molar-refractivity contribution in [1.29, 1.82) is 0 Å². The minimum absolute atomic E-state index is 0.293. The molecule has 0 aliphatic rings. The van der Waals surface area contributed by atoms with Crippen molar-refractivity contribution in [2.75, 3.05) is 0 Å². The van der Waals surface area contributed by atoms with E-state index in [4.69, 9.17) is 22.1 Å². The third-order valence-electron chi connectivity index (χ3n) is 3.88. The lowest BCUT2D eigenvalue weighted by Crippen LogP contribution is -2.10. The van der Waals surface area contributed by atoms with Crippen molar-refractivity contribution < 1.29 is 9.53 Å². The van der Waals surface area contributed by atoms with E-state index in [0.717, 1.165) is 21.6 Å². The highest BCUT2D eigenvalue weighted by molar-refractivity contribution is 7.16. The minimum atomic E-state index is -0.522. The van der Waals surface area contributed by atoms with Crippen LogP contribution >= 0.6 is 22.9 Å². The maximum Gasteiger partial charge on any atom is 0.262 e. The summed E-state index contributed by atoms with van der Waals surface area (Å²) in [6, 6.07) is 17.0. The highest BCUT2D eigenvalue weighted by atomic mass is 35.5. The SMILES string of the molecule is NC(=O)c1sc(-n2cnc3ccccc32)cc1OCc1cccc(Cl)c1. The first kappa shape index (κ1) is 16.6. The highest BCUT2D eigenvalue weighted by Crippen LogP contribution is 2.34. The van der Waals surface area contributed by atoms with Crippen LogP contribution in [0.5, 0.6) is 5.75 Å². The lowest BCUT2D eigenvalue weighted by Gasteiger charge is -2.06. The van der Waals surface area contributed by atoms with Crippen LogP contribution in [0, 0.1) is 0 Å². The standard InChI is InChI=1S/C19H14ClN3O2S/c20-13-5-3-4-12(8-13)10-25-16-9-17(26-18(16)19(21)24)23-11-22-14-6-1-2-7-15(14)23/h1-9,11H,10H2,(H2,21,24). The second kappa shape index (κ2) is 6.82. The molecule has 0 atom stereocenters. The van der Waals surface area contributed by atoms with E-state index in [2.05, 4.69) is 4.98 Å². The van der Waals surface area contributed by atoms with Gasteiger partial charge in [0.2, 0.25) is 0 Å². The monoisotopic (exact) mass is 383 g/mol. The zero-order valence-electron chi connectivity index (χ0n) is 13.6. The number of hydrogen-bond donors (Lipinski definition) is 1. The van der Waals surface area contributed by atoms with Gasteiger partial charge in [-0.05, 0) is 29.8 Å². The first-order valence-electron chi connectivity index (χ1n) is 7.85. The Morgan fingerprint density at radius 1 is 1.19 bits per heavy atom. The Hall–Kier alpha value is -2.83. The summed E-state index contributed by atoms with van der Waals surface area (Å²) in [5, 5.41) is 1.45. The summed E-state index contributed by atoms with van der Waals surface area (Å²) in [5.41, 5.74) is 8.27. The number of nitrogens with zero attached hydrogens (tertiary/aromatic N) is 2. The van der Waals surface area contributed by atoms with E-state index in [-0.39, 0.29) is 0 Å². The molecule has 2 heterocycles. The number of amides is 1. The van der Waals surface area contributed by atoms with E-state index in [1.807, 2.05) is 53.1 Å². The largest absolute Gasteiger partial charge is 0.487 e. The number of carbonyl (C=O) groups excluding carboxylic acids is 1. The molecule has 0 unspecified atom stereocenters. The van der Waals surface area contributed by atoms with Crippen LogP contribution in [0.25, 0.3) is 16.0 Å². The van der Waals surface area contributed by atoms with Gasteiger partial charge in [-0.25, -0.2) is 4.98 Å². The lowest BCUT2D eigenvalue weighted by molar-refractivity contribution is 0.1000. The molecule has 0 aliphatic heterocycles. The number of benzene rings is 2. The van der Waals surface area contributed by atoms with Gasteiger partial charge < -0.3 is 10.5 Å². The number of imidazole rings is 1. The molecule has 0 spiro atoms. The number of fused-ring (bicyclic) bond motifs is 1. The van der Waals surface area contributed by atoms with Gasteiger partial charge >= 0.3 is 0 Å². The number of primary amides is 1. The molecule has 4 rings (SSSR count). The molecule has 7 heteroatoms. The molecule has 0 bridgehead atoms. The fourth-order valence-corrected chi connectivity index (χ4v) is 3.83. The van der Waals surface area contributed by atoms with Gasteiger partial charge in [0, 0.05) is 11.1 Å². The summed E-state index contributed by atoms with van der Waals surface area (Å²) in [5.74, 6) is -0.0676. The molecule has 26 heavy (non-hydrogen) atoms. The highest BCUT2D eigenvalue weighted by Gasteiger charge is 2.17. The molecule has 0 saturated carbocycles. The van der Waals surface area contributed by atoms with Crippen LogP contribution in [0.4, 0.5) is 0 Å². The number of nitrogens with two attached hydrogens (primary N) is 1.